The molecule has 0 aliphatic heterocycles. The average Bonchev–Trinajstić information content (AvgIpc) is 2.52. The van der Waals surface area contributed by atoms with Crippen LogP contribution in [0.25, 0.3) is 0 Å². The number of hydrogen-bond donors (Lipinski definition) is 1. The van der Waals surface area contributed by atoms with Crippen LogP contribution in [0, 0.1) is 0 Å². The van der Waals surface area contributed by atoms with Crippen molar-refractivity contribution in [1.82, 2.24) is 5.32 Å². The van der Waals surface area contributed by atoms with Gasteiger partial charge >= 0.3 is 5.97 Å². The molecule has 0 amide bonds. The largest absolute Gasteiger partial charge is 0.465 e. The highest BCUT2D eigenvalue weighted by atomic mass is 35.5. The molecule has 0 aromatic carbocycles. The number of ether oxygens (including phenoxy) is 1. The van der Waals surface area contributed by atoms with E-state index in [0.717, 1.165) is 19.4 Å². The summed E-state index contributed by atoms with van der Waals surface area (Å²) in [6, 6.07) is -0.171. The van der Waals surface area contributed by atoms with E-state index in [4.69, 9.17) is 4.74 Å². The predicted molar refractivity (Wildman–Crippen MR) is 102 cm³/mol. The number of nitrogens with one attached hydrogen (secondary N) is 1. The lowest BCUT2D eigenvalue weighted by atomic mass is 10.1. The molecule has 0 spiro atoms. The fraction of sp³-hybridized carbons (Fsp3) is 0.947. The Bertz CT molecular complexity index is 250. The first-order valence-electron chi connectivity index (χ1n) is 9.62. The Kier molecular flexibility index (Phi) is 21.5. The molecule has 0 unspecified atom stereocenters. The van der Waals surface area contributed by atoms with Crippen LogP contribution in [-0.2, 0) is 9.53 Å². The molecule has 1 atom stereocenters. The predicted octanol–water partition coefficient (Wildman–Crippen LogP) is 5.65. The van der Waals surface area contributed by atoms with E-state index in [0.29, 0.717) is 6.61 Å². The minimum Gasteiger partial charge on any atom is -0.465 e. The van der Waals surface area contributed by atoms with Gasteiger partial charge in [0.15, 0.2) is 0 Å². The second-order valence-electron chi connectivity index (χ2n) is 6.38. The summed E-state index contributed by atoms with van der Waals surface area (Å²) in [6.07, 6.45) is 15.0. The van der Waals surface area contributed by atoms with Crippen LogP contribution in [0.5, 0.6) is 0 Å². The van der Waals surface area contributed by atoms with E-state index < -0.39 is 0 Å². The molecule has 0 aromatic rings. The summed E-state index contributed by atoms with van der Waals surface area (Å²) in [5, 5.41) is 3.27. The van der Waals surface area contributed by atoms with Crippen LogP contribution in [0.1, 0.15) is 97.8 Å². The van der Waals surface area contributed by atoms with Crippen molar-refractivity contribution in [2.45, 2.75) is 104 Å². The fourth-order valence-corrected chi connectivity index (χ4v) is 2.49. The molecule has 1 N–H and O–H groups in total. The second kappa shape index (κ2) is 19.8. The van der Waals surface area contributed by atoms with Crippen molar-refractivity contribution >= 4 is 18.4 Å². The third-order valence-corrected chi connectivity index (χ3v) is 4.08. The van der Waals surface area contributed by atoms with Gasteiger partial charge in [0, 0.05) is 0 Å². The molecule has 0 saturated carbocycles. The first-order chi connectivity index (χ1) is 10.7. The third-order valence-electron chi connectivity index (χ3n) is 4.08. The van der Waals surface area contributed by atoms with Crippen LogP contribution in [0.15, 0.2) is 0 Å². The molecule has 0 fully saturated rings. The van der Waals surface area contributed by atoms with Crippen LogP contribution in [0.2, 0.25) is 0 Å². The zero-order valence-electron chi connectivity index (χ0n) is 15.7. The zero-order valence-corrected chi connectivity index (χ0v) is 16.5. The van der Waals surface area contributed by atoms with Gasteiger partial charge in [-0.1, -0.05) is 78.1 Å². The Morgan fingerprint density at radius 2 is 1.30 bits per heavy atom. The van der Waals surface area contributed by atoms with Crippen molar-refractivity contribution in [3.8, 4) is 0 Å². The van der Waals surface area contributed by atoms with E-state index in [1.807, 2.05) is 6.92 Å². The lowest BCUT2D eigenvalue weighted by Gasteiger charge is -2.13. The van der Waals surface area contributed by atoms with Crippen LogP contribution >= 0.6 is 12.4 Å². The number of esters is 1. The number of unbranched alkanes of at least 4 members (excludes halogenated alkanes) is 10. The quantitative estimate of drug-likeness (QED) is 0.289. The van der Waals surface area contributed by atoms with E-state index in [2.05, 4.69) is 19.2 Å². The van der Waals surface area contributed by atoms with Gasteiger partial charge in [0.25, 0.3) is 0 Å². The normalized spacial score (nSPS) is 11.8. The summed E-state index contributed by atoms with van der Waals surface area (Å²) in [4.78, 5) is 11.8. The van der Waals surface area contributed by atoms with Crippen molar-refractivity contribution in [3.63, 3.8) is 0 Å². The van der Waals surface area contributed by atoms with Gasteiger partial charge in [-0.2, -0.15) is 0 Å². The topological polar surface area (TPSA) is 38.3 Å². The summed E-state index contributed by atoms with van der Waals surface area (Å²) >= 11 is 0. The molecule has 0 bridgehead atoms. The number of halogens is 1. The molecule has 0 aromatic heterocycles. The van der Waals surface area contributed by atoms with Gasteiger partial charge < -0.3 is 10.1 Å². The highest BCUT2D eigenvalue weighted by Crippen LogP contribution is 2.06. The van der Waals surface area contributed by atoms with Crippen molar-refractivity contribution in [2.24, 2.45) is 0 Å². The van der Waals surface area contributed by atoms with Gasteiger partial charge in [-0.3, -0.25) is 4.79 Å². The molecule has 3 nitrogen and oxygen atoms in total. The van der Waals surface area contributed by atoms with Gasteiger partial charge in [0.2, 0.25) is 0 Å². The van der Waals surface area contributed by atoms with Crippen LogP contribution in [-0.4, -0.2) is 25.2 Å². The summed E-state index contributed by atoms with van der Waals surface area (Å²) in [5.41, 5.74) is 0. The van der Waals surface area contributed by atoms with E-state index in [9.17, 15) is 4.79 Å². The average molecular weight is 350 g/mol. The van der Waals surface area contributed by atoms with Crippen molar-refractivity contribution in [2.75, 3.05) is 13.2 Å². The van der Waals surface area contributed by atoms with Crippen molar-refractivity contribution in [1.29, 1.82) is 0 Å². The number of carbonyl (C=O) groups excluding carboxylic acids is 1. The maximum atomic E-state index is 11.8. The molecular weight excluding hydrogens is 310 g/mol. The summed E-state index contributed by atoms with van der Waals surface area (Å²) in [6.45, 7) is 7.86. The Balaban J connectivity index is 0. The molecular formula is C19H40ClNO2. The van der Waals surface area contributed by atoms with Crippen LogP contribution in [0.3, 0.4) is 0 Å². The SMILES string of the molecule is CCCCCCCCN[C@@H](C)C(=O)OCCCCCCCC.Cl. The Hall–Kier alpha value is -0.280. The monoisotopic (exact) mass is 349 g/mol. The van der Waals surface area contributed by atoms with E-state index in [1.54, 1.807) is 0 Å². The zero-order chi connectivity index (χ0) is 16.5. The maximum Gasteiger partial charge on any atom is 0.322 e. The minimum atomic E-state index is -0.171. The molecule has 140 valence electrons. The first-order valence-corrected chi connectivity index (χ1v) is 9.62. The number of carbonyl (C=O) groups is 1. The highest BCUT2D eigenvalue weighted by molar-refractivity contribution is 5.85. The van der Waals surface area contributed by atoms with Crippen LogP contribution in [0.4, 0.5) is 0 Å². The van der Waals surface area contributed by atoms with Crippen molar-refractivity contribution in [3.05, 3.63) is 0 Å². The number of hydrogen-bond acceptors (Lipinski definition) is 3. The van der Waals surface area contributed by atoms with Gasteiger partial charge in [-0.15, -0.1) is 12.4 Å². The standard InChI is InChI=1S/C19H39NO2.ClH/c1-4-6-8-10-12-14-16-20-18(3)19(21)22-17-15-13-11-9-7-5-2;/h18,20H,4-17H2,1-3H3;1H/t18-;/m0./s1. The molecule has 0 aliphatic rings. The summed E-state index contributed by atoms with van der Waals surface area (Å²) < 4.78 is 5.32. The van der Waals surface area contributed by atoms with E-state index in [-0.39, 0.29) is 24.4 Å². The molecule has 0 heterocycles. The van der Waals surface area contributed by atoms with Gasteiger partial charge in [-0.25, -0.2) is 0 Å². The fourth-order valence-electron chi connectivity index (χ4n) is 2.49. The van der Waals surface area contributed by atoms with Crippen LogP contribution < -0.4 is 5.32 Å². The molecule has 0 aliphatic carbocycles. The smallest absolute Gasteiger partial charge is 0.322 e. The van der Waals surface area contributed by atoms with E-state index >= 15 is 0 Å². The number of rotatable bonds is 16. The first kappa shape index (κ1) is 25.0. The summed E-state index contributed by atoms with van der Waals surface area (Å²) in [5.74, 6) is -0.0976. The molecule has 0 radical (unpaired) electrons. The van der Waals surface area contributed by atoms with Gasteiger partial charge in [0.1, 0.15) is 6.04 Å². The Morgan fingerprint density at radius 1 is 0.826 bits per heavy atom. The lowest BCUT2D eigenvalue weighted by Crippen LogP contribution is -2.36. The van der Waals surface area contributed by atoms with Gasteiger partial charge in [0.05, 0.1) is 6.61 Å². The Morgan fingerprint density at radius 3 is 1.87 bits per heavy atom. The highest BCUT2D eigenvalue weighted by Gasteiger charge is 2.12. The lowest BCUT2D eigenvalue weighted by molar-refractivity contribution is -0.145. The molecule has 4 heteroatoms. The maximum absolute atomic E-state index is 11.8. The second-order valence-corrected chi connectivity index (χ2v) is 6.38. The molecule has 23 heavy (non-hydrogen) atoms. The molecule has 0 saturated heterocycles. The Labute approximate surface area is 150 Å². The minimum absolute atomic E-state index is 0. The summed E-state index contributed by atoms with van der Waals surface area (Å²) in [7, 11) is 0. The van der Waals surface area contributed by atoms with Crippen molar-refractivity contribution < 1.29 is 9.53 Å². The van der Waals surface area contributed by atoms with Gasteiger partial charge in [-0.05, 0) is 26.3 Å². The molecule has 0 rings (SSSR count). The van der Waals surface area contributed by atoms with E-state index in [1.165, 1.54) is 64.2 Å². The third kappa shape index (κ3) is 17.9.